The first-order chi connectivity index (χ1) is 19.1. The first-order valence-electron chi connectivity index (χ1n) is 12.9. The minimum absolute atomic E-state index is 0.0539. The average molecular weight is 558 g/mol. The Balaban J connectivity index is 1.46. The third-order valence-electron chi connectivity index (χ3n) is 7.28. The van der Waals surface area contributed by atoms with E-state index in [1.165, 1.54) is 30.3 Å². The number of amides is 1. The number of carbonyl (C=O) groups is 2. The van der Waals surface area contributed by atoms with Gasteiger partial charge in [-0.2, -0.15) is 13.2 Å². The highest BCUT2D eigenvalue weighted by Crippen LogP contribution is 2.39. The molecule has 0 aromatic heterocycles. The molecule has 0 saturated heterocycles. The fraction of sp³-hybridized carbons (Fsp3) is 0.333. The van der Waals surface area contributed by atoms with Gasteiger partial charge in [0.05, 0.1) is 19.6 Å². The number of nitrogens with zero attached hydrogens (tertiary/aromatic N) is 1. The lowest BCUT2D eigenvalue weighted by Gasteiger charge is -2.33. The van der Waals surface area contributed by atoms with Crippen LogP contribution in [0.1, 0.15) is 40.2 Å². The number of benzene rings is 3. The molecule has 1 unspecified atom stereocenters. The normalized spacial score (nSPS) is 16.7. The molecule has 5 rings (SSSR count). The molecule has 0 bridgehead atoms. The van der Waals surface area contributed by atoms with Crippen molar-refractivity contribution < 1.29 is 41.7 Å². The molecule has 6 nitrogen and oxygen atoms in total. The Bertz CT molecular complexity index is 1440. The lowest BCUT2D eigenvalue weighted by Crippen LogP contribution is -2.38. The quantitative estimate of drug-likeness (QED) is 0.380. The van der Waals surface area contributed by atoms with Gasteiger partial charge in [-0.1, -0.05) is 36.4 Å². The smallest absolute Gasteiger partial charge is 0.422 e. The third-order valence-corrected chi connectivity index (χ3v) is 7.28. The molecule has 0 saturated carbocycles. The third kappa shape index (κ3) is 6.12. The number of alkyl halides is 3. The molecule has 1 amide bonds. The number of hydrogen-bond donors (Lipinski definition) is 1. The zero-order valence-corrected chi connectivity index (χ0v) is 21.5. The lowest BCUT2D eigenvalue weighted by molar-refractivity contribution is -0.153. The molecule has 2 aliphatic rings. The molecule has 40 heavy (non-hydrogen) atoms. The van der Waals surface area contributed by atoms with Gasteiger partial charge in [0, 0.05) is 31.0 Å². The van der Waals surface area contributed by atoms with E-state index in [1.807, 2.05) is 24.3 Å². The lowest BCUT2D eigenvalue weighted by atomic mass is 9.88. The van der Waals surface area contributed by atoms with Crippen LogP contribution in [0.4, 0.5) is 17.6 Å². The summed E-state index contributed by atoms with van der Waals surface area (Å²) >= 11 is 0. The maximum Gasteiger partial charge on any atom is 0.422 e. The molecule has 0 fully saturated rings. The van der Waals surface area contributed by atoms with Gasteiger partial charge in [-0.25, -0.2) is 4.39 Å². The number of ether oxygens (including phenoxy) is 2. The number of aliphatic carboxylic acids is 1. The van der Waals surface area contributed by atoms with Gasteiger partial charge in [0.1, 0.15) is 11.6 Å². The summed E-state index contributed by atoms with van der Waals surface area (Å²) < 4.78 is 64.6. The fourth-order valence-corrected chi connectivity index (χ4v) is 5.43. The molecule has 1 N–H and O–H groups in total. The summed E-state index contributed by atoms with van der Waals surface area (Å²) in [6.45, 7) is -0.308. The minimum Gasteiger partial charge on any atom is -0.483 e. The van der Waals surface area contributed by atoms with Crippen molar-refractivity contribution in [3.05, 3.63) is 88.2 Å². The van der Waals surface area contributed by atoms with Gasteiger partial charge in [0.2, 0.25) is 5.91 Å². The van der Waals surface area contributed by atoms with Crippen LogP contribution < -0.4 is 4.74 Å². The SMILES string of the molecule is O=C(O)Cc1ccc(OCC(F)(F)F)c(-c2ccc(F)c3c2CN(C(=O)CC2COCc4ccccc42)CC3)c1. The summed E-state index contributed by atoms with van der Waals surface area (Å²) in [5.41, 5.74) is 3.88. The molecule has 2 aliphatic heterocycles. The topological polar surface area (TPSA) is 76.1 Å². The Labute approximate surface area is 228 Å². The van der Waals surface area contributed by atoms with Crippen molar-refractivity contribution in [3.8, 4) is 16.9 Å². The molecule has 10 heteroatoms. The van der Waals surface area contributed by atoms with Crippen LogP contribution >= 0.6 is 0 Å². The summed E-state index contributed by atoms with van der Waals surface area (Å²) in [7, 11) is 0. The monoisotopic (exact) mass is 557 g/mol. The number of carboxylic acids is 1. The first kappa shape index (κ1) is 27.6. The van der Waals surface area contributed by atoms with Gasteiger partial charge >= 0.3 is 12.1 Å². The molecule has 0 spiro atoms. The Morgan fingerprint density at radius 2 is 1.85 bits per heavy atom. The maximum absolute atomic E-state index is 14.9. The molecule has 1 atom stereocenters. The molecule has 0 radical (unpaired) electrons. The highest BCUT2D eigenvalue weighted by molar-refractivity contribution is 5.80. The second kappa shape index (κ2) is 11.3. The summed E-state index contributed by atoms with van der Waals surface area (Å²) in [6, 6.07) is 14.6. The van der Waals surface area contributed by atoms with Crippen molar-refractivity contribution in [1.82, 2.24) is 4.90 Å². The van der Waals surface area contributed by atoms with Crippen LogP contribution in [-0.4, -0.2) is 47.8 Å². The van der Waals surface area contributed by atoms with Crippen molar-refractivity contribution in [2.24, 2.45) is 0 Å². The van der Waals surface area contributed by atoms with E-state index in [0.29, 0.717) is 35.5 Å². The van der Waals surface area contributed by atoms with E-state index in [0.717, 1.165) is 11.1 Å². The second-order valence-electron chi connectivity index (χ2n) is 10.0. The van der Waals surface area contributed by atoms with Gasteiger partial charge in [0.15, 0.2) is 6.61 Å². The first-order valence-corrected chi connectivity index (χ1v) is 12.9. The zero-order chi connectivity index (χ0) is 28.4. The molecular weight excluding hydrogens is 530 g/mol. The highest BCUT2D eigenvalue weighted by atomic mass is 19.4. The zero-order valence-electron chi connectivity index (χ0n) is 21.5. The molecule has 3 aromatic rings. The maximum atomic E-state index is 14.9. The predicted molar refractivity (Wildman–Crippen MR) is 137 cm³/mol. The van der Waals surface area contributed by atoms with Gasteiger partial charge in [-0.3, -0.25) is 9.59 Å². The van der Waals surface area contributed by atoms with Crippen molar-refractivity contribution >= 4 is 11.9 Å². The van der Waals surface area contributed by atoms with Crippen LogP contribution in [0.25, 0.3) is 11.1 Å². The van der Waals surface area contributed by atoms with Crippen LogP contribution in [0, 0.1) is 5.82 Å². The van der Waals surface area contributed by atoms with E-state index >= 15 is 0 Å². The number of halogens is 4. The fourth-order valence-electron chi connectivity index (χ4n) is 5.43. The predicted octanol–water partition coefficient (Wildman–Crippen LogP) is 5.65. The number of rotatable bonds is 7. The van der Waals surface area contributed by atoms with Crippen molar-refractivity contribution in [3.63, 3.8) is 0 Å². The van der Waals surface area contributed by atoms with E-state index in [2.05, 4.69) is 0 Å². The number of fused-ring (bicyclic) bond motifs is 2. The molecule has 2 heterocycles. The van der Waals surface area contributed by atoms with Gasteiger partial charge in [-0.05, 0) is 58.0 Å². The molecule has 3 aromatic carbocycles. The molecule has 210 valence electrons. The van der Waals surface area contributed by atoms with Crippen molar-refractivity contribution in [2.75, 3.05) is 19.8 Å². The van der Waals surface area contributed by atoms with Crippen molar-refractivity contribution in [2.45, 2.75) is 44.5 Å². The number of hydrogen-bond acceptors (Lipinski definition) is 4. The van der Waals surface area contributed by atoms with Crippen molar-refractivity contribution in [1.29, 1.82) is 0 Å². The Morgan fingerprint density at radius 1 is 1.05 bits per heavy atom. The van der Waals surface area contributed by atoms with Gasteiger partial charge in [-0.15, -0.1) is 0 Å². The summed E-state index contributed by atoms with van der Waals surface area (Å²) in [4.78, 5) is 26.4. The van der Waals surface area contributed by atoms with Gasteiger partial charge < -0.3 is 19.5 Å². The summed E-state index contributed by atoms with van der Waals surface area (Å²) in [6.07, 6.45) is -4.52. The molecule has 0 aliphatic carbocycles. The van der Waals surface area contributed by atoms with E-state index in [1.54, 1.807) is 4.90 Å². The minimum atomic E-state index is -4.59. The Morgan fingerprint density at radius 3 is 2.62 bits per heavy atom. The second-order valence-corrected chi connectivity index (χ2v) is 10.0. The van der Waals surface area contributed by atoms with E-state index in [-0.39, 0.29) is 55.5 Å². The van der Waals surface area contributed by atoms with E-state index in [9.17, 15) is 32.3 Å². The van der Waals surface area contributed by atoms with Crippen LogP contribution in [0.3, 0.4) is 0 Å². The van der Waals surface area contributed by atoms with E-state index < -0.39 is 24.6 Å². The van der Waals surface area contributed by atoms with Crippen LogP contribution in [-0.2, 0) is 40.3 Å². The Kier molecular flexibility index (Phi) is 7.80. The summed E-state index contributed by atoms with van der Waals surface area (Å²) in [5.74, 6) is -1.96. The Hall–Kier alpha value is -3.92. The highest BCUT2D eigenvalue weighted by Gasteiger charge is 2.31. The van der Waals surface area contributed by atoms with Gasteiger partial charge in [0.25, 0.3) is 0 Å². The number of carbonyl (C=O) groups excluding carboxylic acids is 1. The van der Waals surface area contributed by atoms with Crippen LogP contribution in [0.5, 0.6) is 5.75 Å². The van der Waals surface area contributed by atoms with Crippen LogP contribution in [0.15, 0.2) is 54.6 Å². The summed E-state index contributed by atoms with van der Waals surface area (Å²) in [5, 5.41) is 9.25. The molecular formula is C30H27F4NO5. The average Bonchev–Trinajstić information content (AvgIpc) is 2.92. The van der Waals surface area contributed by atoms with E-state index in [4.69, 9.17) is 9.47 Å². The largest absolute Gasteiger partial charge is 0.483 e. The number of carboxylic acid groups (broad SMARTS) is 1. The standard InChI is InChI=1S/C30H27F4NO5/c31-26-7-6-22(24-11-18(12-29(37)38)5-8-27(24)40-17-30(32,33)34)25-14-35(10-9-23(25)26)28(36)13-20-16-39-15-19-3-1-2-4-21(19)20/h1-8,11,20H,9-10,12-17H2,(H,37,38). The van der Waals surface area contributed by atoms with Crippen LogP contribution in [0.2, 0.25) is 0 Å².